The predicted molar refractivity (Wildman–Crippen MR) is 68.9 cm³/mol. The van der Waals surface area contributed by atoms with E-state index in [1.54, 1.807) is 36.5 Å². The number of hydrogen-bond acceptors (Lipinski definition) is 4. The molecule has 0 saturated heterocycles. The standard InChI is InChI=1S/C12H8ClN3S/c13-9-2-1-5-16-12(9)17-11-6-8(7-14)3-4-10(11)15/h1-6H,15H2. The monoisotopic (exact) mass is 261 g/mol. The lowest BCUT2D eigenvalue weighted by Gasteiger charge is -2.06. The van der Waals surface area contributed by atoms with Gasteiger partial charge in [0.1, 0.15) is 5.03 Å². The molecule has 0 amide bonds. The van der Waals surface area contributed by atoms with E-state index in [0.29, 0.717) is 21.3 Å². The van der Waals surface area contributed by atoms with Gasteiger partial charge in [-0.1, -0.05) is 23.4 Å². The molecule has 0 bridgehead atoms. The number of hydrogen-bond donors (Lipinski definition) is 1. The number of rotatable bonds is 2. The van der Waals surface area contributed by atoms with E-state index in [9.17, 15) is 0 Å². The molecule has 0 fully saturated rings. The third-order valence-corrected chi connectivity index (χ3v) is 3.58. The van der Waals surface area contributed by atoms with E-state index < -0.39 is 0 Å². The lowest BCUT2D eigenvalue weighted by molar-refractivity contribution is 1.13. The summed E-state index contributed by atoms with van der Waals surface area (Å²) in [4.78, 5) is 4.94. The van der Waals surface area contributed by atoms with Crippen molar-refractivity contribution in [1.29, 1.82) is 5.26 Å². The van der Waals surface area contributed by atoms with Crippen molar-refractivity contribution in [2.45, 2.75) is 9.92 Å². The van der Waals surface area contributed by atoms with E-state index in [2.05, 4.69) is 11.1 Å². The first-order valence-corrected chi connectivity index (χ1v) is 5.98. The van der Waals surface area contributed by atoms with Gasteiger partial charge in [-0.05, 0) is 30.3 Å². The maximum absolute atomic E-state index is 8.83. The van der Waals surface area contributed by atoms with E-state index in [0.717, 1.165) is 4.90 Å². The van der Waals surface area contributed by atoms with Crippen LogP contribution in [0.5, 0.6) is 0 Å². The molecular weight excluding hydrogens is 254 g/mol. The normalized spacial score (nSPS) is 9.88. The molecule has 5 heteroatoms. The van der Waals surface area contributed by atoms with E-state index in [1.165, 1.54) is 11.8 Å². The fourth-order valence-corrected chi connectivity index (χ4v) is 2.34. The number of anilines is 1. The summed E-state index contributed by atoms with van der Waals surface area (Å²) in [6, 6.07) is 10.7. The van der Waals surface area contributed by atoms with Crippen LogP contribution in [0.4, 0.5) is 5.69 Å². The van der Waals surface area contributed by atoms with Crippen molar-refractivity contribution >= 4 is 29.1 Å². The molecule has 0 aliphatic heterocycles. The molecule has 2 aromatic rings. The van der Waals surface area contributed by atoms with Crippen molar-refractivity contribution in [2.24, 2.45) is 0 Å². The lowest BCUT2D eigenvalue weighted by Crippen LogP contribution is -1.90. The first-order valence-electron chi connectivity index (χ1n) is 4.78. The van der Waals surface area contributed by atoms with Crippen LogP contribution >= 0.6 is 23.4 Å². The summed E-state index contributed by atoms with van der Waals surface area (Å²) in [5.41, 5.74) is 7.01. The van der Waals surface area contributed by atoms with Crippen molar-refractivity contribution in [3.8, 4) is 6.07 Å². The summed E-state index contributed by atoms with van der Waals surface area (Å²) < 4.78 is 0. The number of nitriles is 1. The third kappa shape index (κ3) is 2.70. The number of nitrogen functional groups attached to an aromatic ring is 1. The second kappa shape index (κ2) is 5.09. The van der Waals surface area contributed by atoms with Gasteiger partial charge >= 0.3 is 0 Å². The highest BCUT2D eigenvalue weighted by Crippen LogP contribution is 2.34. The van der Waals surface area contributed by atoms with Crippen LogP contribution in [-0.4, -0.2) is 4.98 Å². The van der Waals surface area contributed by atoms with Crippen molar-refractivity contribution in [1.82, 2.24) is 4.98 Å². The molecule has 0 aliphatic rings. The van der Waals surface area contributed by atoms with Crippen LogP contribution in [-0.2, 0) is 0 Å². The van der Waals surface area contributed by atoms with Crippen LogP contribution in [0.25, 0.3) is 0 Å². The molecule has 2 N–H and O–H groups in total. The first-order chi connectivity index (χ1) is 8.20. The molecule has 0 spiro atoms. The summed E-state index contributed by atoms with van der Waals surface area (Å²) in [6.07, 6.45) is 1.67. The average molecular weight is 262 g/mol. The molecule has 1 aromatic heterocycles. The van der Waals surface area contributed by atoms with E-state index in [-0.39, 0.29) is 0 Å². The molecule has 0 saturated carbocycles. The van der Waals surface area contributed by atoms with Crippen molar-refractivity contribution in [3.05, 3.63) is 47.1 Å². The number of halogens is 1. The summed E-state index contributed by atoms with van der Waals surface area (Å²) >= 11 is 7.36. The van der Waals surface area contributed by atoms with Crippen LogP contribution in [0.2, 0.25) is 5.02 Å². The Hall–Kier alpha value is -1.70. The second-order valence-electron chi connectivity index (χ2n) is 3.26. The van der Waals surface area contributed by atoms with Gasteiger partial charge in [-0.3, -0.25) is 0 Å². The van der Waals surface area contributed by atoms with Gasteiger partial charge in [0.2, 0.25) is 0 Å². The van der Waals surface area contributed by atoms with Gasteiger partial charge in [-0.25, -0.2) is 4.98 Å². The minimum atomic E-state index is 0.564. The molecule has 2 rings (SSSR count). The average Bonchev–Trinajstić information content (AvgIpc) is 2.35. The summed E-state index contributed by atoms with van der Waals surface area (Å²) in [6.45, 7) is 0. The topological polar surface area (TPSA) is 62.7 Å². The van der Waals surface area contributed by atoms with E-state index in [1.807, 2.05) is 0 Å². The number of aromatic nitrogens is 1. The summed E-state index contributed by atoms with van der Waals surface area (Å²) in [5, 5.41) is 10.1. The zero-order chi connectivity index (χ0) is 12.3. The summed E-state index contributed by atoms with van der Waals surface area (Å²) in [5.74, 6) is 0. The molecule has 84 valence electrons. The largest absolute Gasteiger partial charge is 0.398 e. The molecule has 0 aliphatic carbocycles. The Labute approximate surface area is 108 Å². The summed E-state index contributed by atoms with van der Waals surface area (Å²) in [7, 11) is 0. The molecule has 17 heavy (non-hydrogen) atoms. The zero-order valence-electron chi connectivity index (χ0n) is 8.72. The van der Waals surface area contributed by atoms with Crippen LogP contribution in [0, 0.1) is 11.3 Å². The van der Waals surface area contributed by atoms with Gasteiger partial charge < -0.3 is 5.73 Å². The van der Waals surface area contributed by atoms with E-state index in [4.69, 9.17) is 22.6 Å². The Morgan fingerprint density at radius 1 is 1.35 bits per heavy atom. The van der Waals surface area contributed by atoms with Crippen LogP contribution < -0.4 is 5.73 Å². The fraction of sp³-hybridized carbons (Fsp3) is 0. The number of pyridine rings is 1. The second-order valence-corrected chi connectivity index (χ2v) is 4.69. The molecule has 0 radical (unpaired) electrons. The molecule has 0 atom stereocenters. The quantitative estimate of drug-likeness (QED) is 0.842. The van der Waals surface area contributed by atoms with Gasteiger partial charge in [0.05, 0.1) is 16.7 Å². The highest BCUT2D eigenvalue weighted by Gasteiger charge is 2.07. The van der Waals surface area contributed by atoms with Gasteiger partial charge in [0.25, 0.3) is 0 Å². The molecule has 0 unspecified atom stereocenters. The SMILES string of the molecule is N#Cc1ccc(N)c(Sc2ncccc2Cl)c1. The molecule has 1 aromatic carbocycles. The predicted octanol–water partition coefficient (Wildman–Crippen LogP) is 3.34. The Morgan fingerprint density at radius 3 is 2.88 bits per heavy atom. The van der Waals surface area contributed by atoms with Gasteiger partial charge in [0.15, 0.2) is 0 Å². The van der Waals surface area contributed by atoms with Gasteiger partial charge in [-0.2, -0.15) is 5.26 Å². The van der Waals surface area contributed by atoms with Crippen molar-refractivity contribution < 1.29 is 0 Å². The van der Waals surface area contributed by atoms with Crippen LogP contribution in [0.15, 0.2) is 46.5 Å². The molecule has 3 nitrogen and oxygen atoms in total. The highest BCUT2D eigenvalue weighted by atomic mass is 35.5. The number of nitrogens with two attached hydrogens (primary N) is 1. The maximum Gasteiger partial charge on any atom is 0.119 e. The number of nitrogens with zero attached hydrogens (tertiary/aromatic N) is 2. The number of benzene rings is 1. The first kappa shape index (κ1) is 11.8. The Bertz CT molecular complexity index is 593. The maximum atomic E-state index is 8.83. The minimum absolute atomic E-state index is 0.564. The van der Waals surface area contributed by atoms with Crippen molar-refractivity contribution in [3.63, 3.8) is 0 Å². The minimum Gasteiger partial charge on any atom is -0.398 e. The molecular formula is C12H8ClN3S. The van der Waals surface area contributed by atoms with Crippen molar-refractivity contribution in [2.75, 3.05) is 5.73 Å². The fourth-order valence-electron chi connectivity index (χ4n) is 1.24. The Morgan fingerprint density at radius 2 is 2.18 bits per heavy atom. The third-order valence-electron chi connectivity index (χ3n) is 2.07. The molecule has 1 heterocycles. The smallest absolute Gasteiger partial charge is 0.119 e. The Kier molecular flexibility index (Phi) is 3.52. The lowest BCUT2D eigenvalue weighted by atomic mass is 10.2. The van der Waals surface area contributed by atoms with E-state index >= 15 is 0 Å². The van der Waals surface area contributed by atoms with Crippen LogP contribution in [0.3, 0.4) is 0 Å². The van der Waals surface area contributed by atoms with Crippen LogP contribution in [0.1, 0.15) is 5.56 Å². The van der Waals surface area contributed by atoms with Gasteiger partial charge in [-0.15, -0.1) is 0 Å². The zero-order valence-corrected chi connectivity index (χ0v) is 10.3. The highest BCUT2D eigenvalue weighted by molar-refractivity contribution is 7.99. The Balaban J connectivity index is 2.37. The van der Waals surface area contributed by atoms with Gasteiger partial charge in [0, 0.05) is 16.8 Å².